The first-order valence-corrected chi connectivity index (χ1v) is 14.9. The third-order valence-corrected chi connectivity index (χ3v) is 8.18. The lowest BCUT2D eigenvalue weighted by Crippen LogP contribution is -2.35. The second kappa shape index (κ2) is 13.5. The van der Waals surface area contributed by atoms with Crippen LogP contribution >= 0.6 is 11.6 Å². The average Bonchev–Trinajstić information content (AvgIpc) is 3.46. The lowest BCUT2D eigenvalue weighted by Gasteiger charge is -2.27. The lowest BCUT2D eigenvalue weighted by molar-refractivity contribution is 0.0342. The molecule has 1 fully saturated rings. The molecular formula is C32H37ClN6O4. The Bertz CT molecular complexity index is 1670. The first-order valence-electron chi connectivity index (χ1n) is 14.5. The van der Waals surface area contributed by atoms with Crippen LogP contribution in [0.5, 0.6) is 0 Å². The summed E-state index contributed by atoms with van der Waals surface area (Å²) in [4.78, 5) is 44.2. The Morgan fingerprint density at radius 1 is 1.14 bits per heavy atom. The Labute approximate surface area is 255 Å². The van der Waals surface area contributed by atoms with Gasteiger partial charge < -0.3 is 20.8 Å². The van der Waals surface area contributed by atoms with Crippen molar-refractivity contribution in [1.82, 2.24) is 25.0 Å². The van der Waals surface area contributed by atoms with Gasteiger partial charge >= 0.3 is 0 Å². The predicted molar refractivity (Wildman–Crippen MR) is 166 cm³/mol. The fraction of sp³-hybridized carbons (Fsp3) is 0.375. The van der Waals surface area contributed by atoms with E-state index < -0.39 is 17.2 Å². The number of nitrogens with two attached hydrogens (primary N) is 1. The highest BCUT2D eigenvalue weighted by molar-refractivity contribution is 6.30. The summed E-state index contributed by atoms with van der Waals surface area (Å²) < 4.78 is 7.16. The third-order valence-electron chi connectivity index (χ3n) is 7.93. The second-order valence-electron chi connectivity index (χ2n) is 11.2. The molecule has 4 N–H and O–H groups in total. The van der Waals surface area contributed by atoms with Crippen LogP contribution in [-0.4, -0.2) is 57.8 Å². The van der Waals surface area contributed by atoms with Crippen LogP contribution < -0.4 is 16.5 Å². The Morgan fingerprint density at radius 2 is 1.88 bits per heavy atom. The van der Waals surface area contributed by atoms with Crippen LogP contribution in [-0.2, 0) is 37.7 Å². The molecule has 1 aliphatic heterocycles. The van der Waals surface area contributed by atoms with E-state index in [4.69, 9.17) is 22.1 Å². The quantitative estimate of drug-likeness (QED) is 0.239. The maximum absolute atomic E-state index is 13.8. The smallest absolute Gasteiger partial charge is 0.276 e. The summed E-state index contributed by atoms with van der Waals surface area (Å²) in [6, 6.07) is 12.9. The number of carbonyl (C=O) groups excluding carboxylic acids is 2. The maximum Gasteiger partial charge on any atom is 0.276 e. The van der Waals surface area contributed by atoms with Gasteiger partial charge in [-0.3, -0.25) is 24.0 Å². The number of rotatable bonds is 11. The van der Waals surface area contributed by atoms with Gasteiger partial charge in [0.05, 0.1) is 29.7 Å². The van der Waals surface area contributed by atoms with Crippen molar-refractivity contribution in [2.24, 2.45) is 18.7 Å². The van der Waals surface area contributed by atoms with E-state index in [-0.39, 0.29) is 18.2 Å². The molecule has 0 spiro atoms. The van der Waals surface area contributed by atoms with E-state index in [0.717, 1.165) is 47.4 Å². The number of benzene rings is 2. The van der Waals surface area contributed by atoms with Crippen LogP contribution in [0.1, 0.15) is 56.6 Å². The van der Waals surface area contributed by atoms with E-state index >= 15 is 0 Å². The van der Waals surface area contributed by atoms with Gasteiger partial charge in [0.1, 0.15) is 0 Å². The predicted octanol–water partition coefficient (Wildman–Crippen LogP) is 3.59. The van der Waals surface area contributed by atoms with Crippen molar-refractivity contribution in [2.75, 3.05) is 26.3 Å². The van der Waals surface area contributed by atoms with E-state index in [2.05, 4.69) is 33.3 Å². The van der Waals surface area contributed by atoms with E-state index in [9.17, 15) is 14.4 Å². The molecule has 226 valence electrons. The topological polar surface area (TPSA) is 135 Å². The SMILES string of the molecule is CC(CCc1cc(CN2CCOCC2)cc2c(=O)c(C(=O)NCc3ccc(Cl)cc3)nn(C)c12)Cc1[nH]ccc1C(N)=O. The number of aromatic nitrogens is 3. The molecule has 43 heavy (non-hydrogen) atoms. The molecule has 1 aliphatic rings. The Hall–Kier alpha value is -3.99. The molecule has 0 bridgehead atoms. The molecule has 10 nitrogen and oxygen atoms in total. The van der Waals surface area contributed by atoms with Crippen molar-refractivity contribution in [1.29, 1.82) is 0 Å². The molecule has 1 atom stereocenters. The molecule has 2 aromatic carbocycles. The number of aromatic amines is 1. The number of nitrogens with zero attached hydrogens (tertiary/aromatic N) is 3. The molecule has 11 heteroatoms. The molecule has 0 radical (unpaired) electrons. The molecule has 1 unspecified atom stereocenters. The molecule has 0 saturated carbocycles. The monoisotopic (exact) mass is 604 g/mol. The van der Waals surface area contributed by atoms with Gasteiger partial charge in [0.15, 0.2) is 5.69 Å². The normalized spacial score (nSPS) is 14.6. The summed E-state index contributed by atoms with van der Waals surface area (Å²) in [5.74, 6) is -0.737. The average molecular weight is 605 g/mol. The number of morpholine rings is 1. The largest absolute Gasteiger partial charge is 0.379 e. The lowest BCUT2D eigenvalue weighted by atomic mass is 9.93. The third kappa shape index (κ3) is 7.33. The summed E-state index contributed by atoms with van der Waals surface area (Å²) in [6.45, 7) is 6.03. The van der Waals surface area contributed by atoms with Gasteiger partial charge in [0, 0.05) is 50.1 Å². The number of nitrogens with one attached hydrogen (secondary N) is 2. The van der Waals surface area contributed by atoms with Gasteiger partial charge in [-0.15, -0.1) is 0 Å². The fourth-order valence-corrected chi connectivity index (χ4v) is 5.79. The van der Waals surface area contributed by atoms with Crippen molar-refractivity contribution in [3.8, 4) is 0 Å². The summed E-state index contributed by atoms with van der Waals surface area (Å²) in [5.41, 5.74) is 9.92. The highest BCUT2D eigenvalue weighted by Gasteiger charge is 2.21. The number of hydrogen-bond donors (Lipinski definition) is 3. The van der Waals surface area contributed by atoms with E-state index in [1.54, 1.807) is 36.1 Å². The van der Waals surface area contributed by atoms with Gasteiger partial charge in [-0.25, -0.2) is 0 Å². The highest BCUT2D eigenvalue weighted by Crippen LogP contribution is 2.24. The van der Waals surface area contributed by atoms with Gasteiger partial charge in [-0.1, -0.05) is 36.7 Å². The van der Waals surface area contributed by atoms with Crippen molar-refractivity contribution in [3.63, 3.8) is 0 Å². The number of aryl methyl sites for hydroxylation is 2. The minimum absolute atomic E-state index is 0.141. The van der Waals surface area contributed by atoms with Gasteiger partial charge in [-0.05, 0) is 66.1 Å². The Kier molecular flexibility index (Phi) is 9.59. The zero-order valence-corrected chi connectivity index (χ0v) is 25.2. The molecular weight excluding hydrogens is 568 g/mol. The Morgan fingerprint density at radius 3 is 2.60 bits per heavy atom. The number of halogens is 1. The first-order chi connectivity index (χ1) is 20.7. The van der Waals surface area contributed by atoms with Crippen LogP contribution in [0.15, 0.2) is 53.5 Å². The molecule has 1 saturated heterocycles. The van der Waals surface area contributed by atoms with E-state index in [1.807, 2.05) is 18.2 Å². The number of H-pyrrole nitrogens is 1. The second-order valence-corrected chi connectivity index (χ2v) is 11.7. The molecule has 5 rings (SSSR count). The molecule has 2 amide bonds. The number of primary amides is 1. The summed E-state index contributed by atoms with van der Waals surface area (Å²) in [6.07, 6.45) is 3.91. The van der Waals surface area contributed by atoms with Crippen LogP contribution in [0.4, 0.5) is 0 Å². The first kappa shape index (κ1) is 30.5. The summed E-state index contributed by atoms with van der Waals surface area (Å²) in [5, 5.41) is 8.34. The van der Waals surface area contributed by atoms with Crippen molar-refractivity contribution < 1.29 is 14.3 Å². The maximum atomic E-state index is 13.8. The molecule has 4 aromatic rings. The van der Waals surface area contributed by atoms with Crippen molar-refractivity contribution in [2.45, 2.75) is 39.3 Å². The number of amides is 2. The van der Waals surface area contributed by atoms with Crippen molar-refractivity contribution >= 4 is 34.3 Å². The number of hydrogen-bond acceptors (Lipinski definition) is 6. The molecule has 0 aliphatic carbocycles. The van der Waals surface area contributed by atoms with Crippen LogP contribution in [0.3, 0.4) is 0 Å². The Balaban J connectivity index is 1.43. The molecule has 2 aromatic heterocycles. The zero-order chi connectivity index (χ0) is 30.5. The number of carbonyl (C=O) groups is 2. The standard InChI is InChI=1S/C32H37ClN6O4/c1-20(15-27-25(31(34)41)9-10-35-27)3-6-23-16-22(19-39-11-13-43-14-12-39)17-26-29(23)38(2)37-28(30(26)40)32(42)36-18-21-4-7-24(33)8-5-21/h4-5,7-10,16-17,20,35H,3,6,11-15,18-19H2,1-2H3,(H2,34,41)(H,36,42). The zero-order valence-electron chi connectivity index (χ0n) is 24.5. The van der Waals surface area contributed by atoms with E-state index in [0.29, 0.717) is 48.6 Å². The van der Waals surface area contributed by atoms with Gasteiger partial charge in [0.2, 0.25) is 5.43 Å². The van der Waals surface area contributed by atoms with E-state index in [1.165, 1.54) is 0 Å². The number of ether oxygens (including phenoxy) is 1. The molecule has 3 heterocycles. The minimum Gasteiger partial charge on any atom is -0.379 e. The minimum atomic E-state index is -0.526. The summed E-state index contributed by atoms with van der Waals surface area (Å²) in [7, 11) is 1.77. The fourth-order valence-electron chi connectivity index (χ4n) is 5.66. The van der Waals surface area contributed by atoms with Crippen LogP contribution in [0, 0.1) is 5.92 Å². The van der Waals surface area contributed by atoms with Gasteiger partial charge in [0.25, 0.3) is 11.8 Å². The van der Waals surface area contributed by atoms with Crippen LogP contribution in [0.2, 0.25) is 5.02 Å². The number of fused-ring (bicyclic) bond motifs is 1. The van der Waals surface area contributed by atoms with Gasteiger partial charge in [-0.2, -0.15) is 5.10 Å². The van der Waals surface area contributed by atoms with Crippen molar-refractivity contribution in [3.05, 3.63) is 97.5 Å². The highest BCUT2D eigenvalue weighted by atomic mass is 35.5. The summed E-state index contributed by atoms with van der Waals surface area (Å²) >= 11 is 5.97. The van der Waals surface area contributed by atoms with Crippen LogP contribution in [0.25, 0.3) is 10.9 Å².